The third kappa shape index (κ3) is 3.32. The van der Waals surface area contributed by atoms with E-state index in [1.54, 1.807) is 0 Å². The number of carbonyl (C=O) groups is 1. The van der Waals surface area contributed by atoms with Crippen LogP contribution in [0.3, 0.4) is 0 Å². The van der Waals surface area contributed by atoms with Crippen LogP contribution >= 0.6 is 0 Å². The van der Waals surface area contributed by atoms with Crippen molar-refractivity contribution in [1.82, 2.24) is 0 Å². The second kappa shape index (κ2) is 6.90. The Labute approximate surface area is 150 Å². The maximum atomic E-state index is 12.8. The van der Waals surface area contributed by atoms with Crippen LogP contribution in [-0.4, -0.2) is 31.3 Å². The van der Waals surface area contributed by atoms with Crippen molar-refractivity contribution in [3.05, 3.63) is 10.4 Å². The van der Waals surface area contributed by atoms with Gasteiger partial charge in [0.25, 0.3) is 0 Å². The van der Waals surface area contributed by atoms with Crippen molar-refractivity contribution < 1.29 is 14.3 Å². The topological polar surface area (TPSA) is 84.3 Å². The quantitative estimate of drug-likeness (QED) is 0.314. The number of azide groups is 1. The highest BCUT2D eigenvalue weighted by molar-refractivity contribution is 5.85. The van der Waals surface area contributed by atoms with Crippen LogP contribution < -0.4 is 0 Å². The number of ketones is 1. The Morgan fingerprint density at radius 3 is 2.60 bits per heavy atom. The summed E-state index contributed by atoms with van der Waals surface area (Å²) < 4.78 is 12.7. The summed E-state index contributed by atoms with van der Waals surface area (Å²) in [7, 11) is 0. The molecule has 1 saturated heterocycles. The molecule has 1 aliphatic heterocycles. The molecule has 0 amide bonds. The fourth-order valence-electron chi connectivity index (χ4n) is 5.28. The number of fused-ring (bicyclic) bond motifs is 1. The van der Waals surface area contributed by atoms with E-state index in [2.05, 4.69) is 30.8 Å². The molecule has 0 aromatic rings. The zero-order valence-electron chi connectivity index (χ0n) is 15.8. The highest BCUT2D eigenvalue weighted by Crippen LogP contribution is 2.60. The van der Waals surface area contributed by atoms with Crippen molar-refractivity contribution in [1.29, 1.82) is 0 Å². The maximum Gasteiger partial charge on any atom is 0.171 e. The van der Waals surface area contributed by atoms with E-state index in [4.69, 9.17) is 15.0 Å². The van der Waals surface area contributed by atoms with Crippen LogP contribution in [0.4, 0.5) is 0 Å². The second-order valence-electron chi connectivity index (χ2n) is 8.92. The van der Waals surface area contributed by atoms with Gasteiger partial charge >= 0.3 is 0 Å². The zero-order valence-corrected chi connectivity index (χ0v) is 15.8. The molecule has 140 valence electrons. The van der Waals surface area contributed by atoms with Crippen LogP contribution in [0.25, 0.3) is 10.4 Å². The van der Waals surface area contributed by atoms with Crippen molar-refractivity contribution in [3.63, 3.8) is 0 Å². The van der Waals surface area contributed by atoms with Gasteiger partial charge in [-0.15, -0.1) is 0 Å². The summed E-state index contributed by atoms with van der Waals surface area (Å²) in [6.07, 6.45) is 6.19. The lowest BCUT2D eigenvalue weighted by Gasteiger charge is -2.56. The van der Waals surface area contributed by atoms with Crippen LogP contribution in [-0.2, 0) is 14.3 Å². The van der Waals surface area contributed by atoms with Gasteiger partial charge in [0.05, 0.1) is 13.2 Å². The maximum absolute atomic E-state index is 12.8. The fourth-order valence-corrected chi connectivity index (χ4v) is 5.28. The van der Waals surface area contributed by atoms with Gasteiger partial charge in [-0.25, -0.2) is 0 Å². The average molecular weight is 349 g/mol. The summed E-state index contributed by atoms with van der Waals surface area (Å²) in [5.74, 6) is -0.152. The summed E-state index contributed by atoms with van der Waals surface area (Å²) in [5.41, 5.74) is 8.66. The minimum atomic E-state index is -0.630. The molecule has 2 saturated carbocycles. The van der Waals surface area contributed by atoms with E-state index in [1.165, 1.54) is 0 Å². The molecule has 1 heterocycles. The normalized spacial score (nSPS) is 36.0. The molecule has 0 aromatic carbocycles. The molecule has 3 rings (SSSR count). The Hall–Kier alpha value is -1.10. The van der Waals surface area contributed by atoms with Crippen molar-refractivity contribution in [2.75, 3.05) is 19.8 Å². The molecule has 0 aromatic heterocycles. The van der Waals surface area contributed by atoms with Crippen molar-refractivity contribution in [2.24, 2.45) is 27.8 Å². The monoisotopic (exact) mass is 349 g/mol. The van der Waals surface area contributed by atoms with Gasteiger partial charge in [0.1, 0.15) is 5.78 Å². The molecule has 0 bridgehead atoms. The number of Topliss-reactive ketones (excluding diaryl/α,β-unsaturated/α-hetero) is 1. The smallest absolute Gasteiger partial charge is 0.171 e. The number of nitrogens with zero attached hydrogens (tertiary/aromatic N) is 3. The molecule has 6 nitrogen and oxygen atoms in total. The third-order valence-corrected chi connectivity index (χ3v) is 6.77. The first-order valence-electron chi connectivity index (χ1n) is 9.70. The van der Waals surface area contributed by atoms with Gasteiger partial charge in [0.15, 0.2) is 5.79 Å². The summed E-state index contributed by atoms with van der Waals surface area (Å²) in [5, 5.41) is 3.67. The standard InChI is InChI=1S/C19H31N3O3/c1-4-18-8-7-15(23)16(18)14(6-5-11-21-22-20)19(10-9-18)24-12-17(2,3)13-25-19/h14,16H,4-13H2,1-3H3/t14?,16-,18-/m1/s1. The van der Waals surface area contributed by atoms with Crippen molar-refractivity contribution >= 4 is 5.78 Å². The highest BCUT2D eigenvalue weighted by atomic mass is 16.7. The summed E-state index contributed by atoms with van der Waals surface area (Å²) in [4.78, 5) is 15.7. The second-order valence-corrected chi connectivity index (χ2v) is 8.92. The lowest BCUT2D eigenvalue weighted by Crippen LogP contribution is -2.59. The van der Waals surface area contributed by atoms with E-state index < -0.39 is 5.79 Å². The van der Waals surface area contributed by atoms with Crippen molar-refractivity contribution in [2.45, 2.75) is 71.5 Å². The SMILES string of the molecule is CC[C@]12CCC(=O)[C@H]1C(CCCN=[N+]=[N-])C1(CC2)OCC(C)(C)CO1. The predicted octanol–water partition coefficient (Wildman–Crippen LogP) is 4.63. The van der Waals surface area contributed by atoms with Crippen molar-refractivity contribution in [3.8, 4) is 0 Å². The van der Waals surface area contributed by atoms with E-state index in [-0.39, 0.29) is 22.7 Å². The first-order valence-corrected chi connectivity index (χ1v) is 9.70. The van der Waals surface area contributed by atoms with Crippen LogP contribution in [0.15, 0.2) is 5.11 Å². The van der Waals surface area contributed by atoms with Gasteiger partial charge in [-0.1, -0.05) is 25.9 Å². The first-order chi connectivity index (χ1) is 11.9. The van der Waals surface area contributed by atoms with E-state index in [0.29, 0.717) is 32.0 Å². The Bertz CT molecular complexity index is 560. The average Bonchev–Trinajstić information content (AvgIpc) is 2.94. The largest absolute Gasteiger partial charge is 0.349 e. The zero-order chi connectivity index (χ0) is 18.1. The lowest BCUT2D eigenvalue weighted by atomic mass is 9.58. The van der Waals surface area contributed by atoms with E-state index in [9.17, 15) is 4.79 Å². The Morgan fingerprint density at radius 1 is 1.24 bits per heavy atom. The van der Waals surface area contributed by atoms with Gasteiger partial charge in [0.2, 0.25) is 0 Å². The number of rotatable bonds is 5. The first kappa shape index (κ1) is 18.7. The minimum absolute atomic E-state index is 0.0138. The summed E-state index contributed by atoms with van der Waals surface area (Å²) >= 11 is 0. The van der Waals surface area contributed by atoms with Gasteiger partial charge in [-0.3, -0.25) is 4.79 Å². The van der Waals surface area contributed by atoms with Crippen LogP contribution in [0.1, 0.15) is 65.7 Å². The molecule has 0 N–H and O–H groups in total. The molecule has 2 aliphatic carbocycles. The predicted molar refractivity (Wildman–Crippen MR) is 94.8 cm³/mol. The van der Waals surface area contributed by atoms with Crippen LogP contribution in [0.2, 0.25) is 0 Å². The molecule has 0 radical (unpaired) electrons. The molecule has 1 unspecified atom stereocenters. The summed E-state index contributed by atoms with van der Waals surface area (Å²) in [6.45, 7) is 8.31. The van der Waals surface area contributed by atoms with E-state index in [1.807, 2.05) is 0 Å². The summed E-state index contributed by atoms with van der Waals surface area (Å²) in [6, 6.07) is 0. The third-order valence-electron chi connectivity index (χ3n) is 6.77. The minimum Gasteiger partial charge on any atom is -0.349 e. The molecular formula is C19H31N3O3. The van der Waals surface area contributed by atoms with Crippen LogP contribution in [0.5, 0.6) is 0 Å². The van der Waals surface area contributed by atoms with Crippen LogP contribution in [0, 0.1) is 22.7 Å². The molecule has 3 fully saturated rings. The Morgan fingerprint density at radius 2 is 1.96 bits per heavy atom. The fraction of sp³-hybridized carbons (Fsp3) is 0.947. The Balaban J connectivity index is 1.87. The van der Waals surface area contributed by atoms with E-state index >= 15 is 0 Å². The van der Waals surface area contributed by atoms with Gasteiger partial charge in [-0.2, -0.15) is 0 Å². The Kier molecular flexibility index (Phi) is 5.16. The van der Waals surface area contributed by atoms with E-state index in [0.717, 1.165) is 38.5 Å². The molecule has 3 aliphatic rings. The number of carbonyl (C=O) groups excluding carboxylic acids is 1. The molecule has 1 spiro atoms. The molecular weight excluding hydrogens is 318 g/mol. The number of hydrogen-bond donors (Lipinski definition) is 0. The molecule has 25 heavy (non-hydrogen) atoms. The number of ether oxygens (including phenoxy) is 2. The van der Waals surface area contributed by atoms with Gasteiger partial charge in [-0.05, 0) is 43.1 Å². The highest BCUT2D eigenvalue weighted by Gasteiger charge is 2.62. The van der Waals surface area contributed by atoms with Gasteiger partial charge < -0.3 is 9.47 Å². The lowest BCUT2D eigenvalue weighted by molar-refractivity contribution is -0.346. The molecule has 6 heteroatoms. The van der Waals surface area contributed by atoms with Gasteiger partial charge in [0, 0.05) is 41.5 Å². The molecule has 3 atom stereocenters. The number of hydrogen-bond acceptors (Lipinski definition) is 4.